The van der Waals surface area contributed by atoms with E-state index in [0.29, 0.717) is 5.69 Å². The van der Waals surface area contributed by atoms with Crippen LogP contribution in [0, 0.1) is 0 Å². The van der Waals surface area contributed by atoms with Gasteiger partial charge in [-0.15, -0.1) is 0 Å². The lowest BCUT2D eigenvalue weighted by Crippen LogP contribution is -1.95. The molecular formula is C13H12N2O2S. The molecule has 2 aromatic rings. The highest BCUT2D eigenvalue weighted by Crippen LogP contribution is 2.19. The second-order valence-electron chi connectivity index (χ2n) is 3.80. The number of hydrogen-bond donors (Lipinski definition) is 0. The Kier molecular flexibility index (Phi) is 3.53. The largest absolute Gasteiger partial charge is 0.224 e. The molecule has 0 unspecified atom stereocenters. The van der Waals surface area contributed by atoms with Crippen molar-refractivity contribution in [1.82, 2.24) is 0 Å². The minimum Gasteiger partial charge on any atom is -0.224 e. The van der Waals surface area contributed by atoms with Gasteiger partial charge in [0.05, 0.1) is 16.3 Å². The van der Waals surface area contributed by atoms with Crippen molar-refractivity contribution in [2.45, 2.75) is 4.90 Å². The summed E-state index contributed by atoms with van der Waals surface area (Å²) < 4.78 is 22.5. The summed E-state index contributed by atoms with van der Waals surface area (Å²) in [5, 5.41) is 8.07. The number of rotatable bonds is 3. The van der Waals surface area contributed by atoms with E-state index in [1.165, 1.54) is 18.4 Å². The van der Waals surface area contributed by atoms with Crippen LogP contribution in [0.2, 0.25) is 0 Å². The van der Waals surface area contributed by atoms with E-state index >= 15 is 0 Å². The molecule has 4 nitrogen and oxygen atoms in total. The smallest absolute Gasteiger partial charge is 0.175 e. The summed E-state index contributed by atoms with van der Waals surface area (Å²) in [6.07, 6.45) is 1.17. The fourth-order valence-corrected chi connectivity index (χ4v) is 2.00. The summed E-state index contributed by atoms with van der Waals surface area (Å²) in [6, 6.07) is 15.6. The maximum Gasteiger partial charge on any atom is 0.175 e. The van der Waals surface area contributed by atoms with Crippen LogP contribution in [0.5, 0.6) is 0 Å². The molecular weight excluding hydrogens is 248 g/mol. The zero-order valence-corrected chi connectivity index (χ0v) is 10.6. The van der Waals surface area contributed by atoms with Crippen molar-refractivity contribution in [2.75, 3.05) is 6.26 Å². The lowest BCUT2D eigenvalue weighted by molar-refractivity contribution is 0.602. The van der Waals surface area contributed by atoms with Gasteiger partial charge in [0.1, 0.15) is 0 Å². The molecule has 92 valence electrons. The van der Waals surface area contributed by atoms with Gasteiger partial charge in [0, 0.05) is 6.26 Å². The van der Waals surface area contributed by atoms with Crippen molar-refractivity contribution < 1.29 is 8.42 Å². The topological polar surface area (TPSA) is 58.9 Å². The molecule has 0 bridgehead atoms. The van der Waals surface area contributed by atoms with Gasteiger partial charge in [-0.3, -0.25) is 0 Å². The molecule has 0 heterocycles. The Balaban J connectivity index is 2.19. The highest BCUT2D eigenvalue weighted by molar-refractivity contribution is 7.90. The third-order valence-electron chi connectivity index (χ3n) is 2.30. The van der Waals surface area contributed by atoms with Crippen LogP contribution in [-0.2, 0) is 9.84 Å². The Labute approximate surface area is 106 Å². The predicted octanol–water partition coefficient (Wildman–Crippen LogP) is 3.51. The summed E-state index contributed by atoms with van der Waals surface area (Å²) in [5.74, 6) is 0. The van der Waals surface area contributed by atoms with Crippen LogP contribution in [0.4, 0.5) is 11.4 Å². The van der Waals surface area contributed by atoms with Crippen molar-refractivity contribution in [1.29, 1.82) is 0 Å². The Bertz CT molecular complexity index is 647. The molecule has 2 aromatic carbocycles. The summed E-state index contributed by atoms with van der Waals surface area (Å²) in [5.41, 5.74) is 1.37. The second-order valence-corrected chi connectivity index (χ2v) is 5.82. The SMILES string of the molecule is CS(=O)(=O)c1ccc(N=Nc2ccccc2)cc1. The molecule has 2 rings (SSSR count). The molecule has 0 spiro atoms. The van der Waals surface area contributed by atoms with Crippen LogP contribution in [0.25, 0.3) is 0 Å². The van der Waals surface area contributed by atoms with Crippen molar-refractivity contribution in [3.63, 3.8) is 0 Å². The van der Waals surface area contributed by atoms with Crippen molar-refractivity contribution >= 4 is 21.2 Å². The van der Waals surface area contributed by atoms with Crippen LogP contribution >= 0.6 is 0 Å². The first-order chi connectivity index (χ1) is 8.55. The Morgan fingerprint density at radius 1 is 0.778 bits per heavy atom. The Morgan fingerprint density at radius 2 is 1.28 bits per heavy atom. The van der Waals surface area contributed by atoms with Crippen LogP contribution in [-0.4, -0.2) is 14.7 Å². The summed E-state index contributed by atoms with van der Waals surface area (Å²) in [7, 11) is -3.16. The monoisotopic (exact) mass is 260 g/mol. The lowest BCUT2D eigenvalue weighted by Gasteiger charge is -1.97. The number of nitrogens with zero attached hydrogens (tertiary/aromatic N) is 2. The third kappa shape index (κ3) is 3.24. The number of benzene rings is 2. The molecule has 5 heteroatoms. The summed E-state index contributed by atoms with van der Waals surface area (Å²) >= 11 is 0. The van der Waals surface area contributed by atoms with Crippen LogP contribution in [0.1, 0.15) is 0 Å². The minimum absolute atomic E-state index is 0.279. The van der Waals surface area contributed by atoms with Gasteiger partial charge >= 0.3 is 0 Å². The molecule has 0 aliphatic heterocycles. The van der Waals surface area contributed by atoms with E-state index in [4.69, 9.17) is 0 Å². The van der Waals surface area contributed by atoms with E-state index in [9.17, 15) is 8.42 Å². The van der Waals surface area contributed by atoms with E-state index in [1.807, 2.05) is 30.3 Å². The van der Waals surface area contributed by atoms with Crippen LogP contribution in [0.15, 0.2) is 69.7 Å². The Hall–Kier alpha value is -2.01. The summed E-state index contributed by atoms with van der Waals surface area (Å²) in [4.78, 5) is 0.279. The minimum atomic E-state index is -3.16. The molecule has 0 aliphatic rings. The molecule has 0 atom stereocenters. The molecule has 0 radical (unpaired) electrons. The summed E-state index contributed by atoms with van der Waals surface area (Å²) in [6.45, 7) is 0. The fourth-order valence-electron chi connectivity index (χ4n) is 1.37. The number of hydrogen-bond acceptors (Lipinski definition) is 4. The molecule has 18 heavy (non-hydrogen) atoms. The Morgan fingerprint density at radius 3 is 1.78 bits per heavy atom. The highest BCUT2D eigenvalue weighted by atomic mass is 32.2. The van der Waals surface area contributed by atoms with Gasteiger partial charge in [-0.1, -0.05) is 18.2 Å². The lowest BCUT2D eigenvalue weighted by atomic mass is 10.3. The van der Waals surface area contributed by atoms with Crippen molar-refractivity contribution in [3.05, 3.63) is 54.6 Å². The second kappa shape index (κ2) is 5.10. The van der Waals surface area contributed by atoms with Gasteiger partial charge in [-0.25, -0.2) is 8.42 Å². The van der Waals surface area contributed by atoms with E-state index in [1.54, 1.807) is 12.1 Å². The molecule has 0 saturated heterocycles. The van der Waals surface area contributed by atoms with E-state index in [2.05, 4.69) is 10.2 Å². The first-order valence-corrected chi connectivity index (χ1v) is 7.22. The average molecular weight is 260 g/mol. The van der Waals surface area contributed by atoms with Gasteiger partial charge in [0.15, 0.2) is 9.84 Å². The fraction of sp³-hybridized carbons (Fsp3) is 0.0769. The maximum atomic E-state index is 11.3. The molecule has 0 aromatic heterocycles. The third-order valence-corrected chi connectivity index (χ3v) is 3.43. The van der Waals surface area contributed by atoms with Gasteiger partial charge in [-0.2, -0.15) is 10.2 Å². The first-order valence-electron chi connectivity index (χ1n) is 5.32. The normalized spacial score (nSPS) is 11.8. The van der Waals surface area contributed by atoms with Gasteiger partial charge in [-0.05, 0) is 36.4 Å². The van der Waals surface area contributed by atoms with Gasteiger partial charge < -0.3 is 0 Å². The standard InChI is InChI=1S/C13H12N2O2S/c1-18(16,17)13-9-7-12(8-10-13)15-14-11-5-3-2-4-6-11/h2-10H,1H3. The maximum absolute atomic E-state index is 11.3. The van der Waals surface area contributed by atoms with Crippen molar-refractivity contribution in [3.8, 4) is 0 Å². The average Bonchev–Trinajstić information content (AvgIpc) is 2.37. The zero-order chi connectivity index (χ0) is 13.0. The van der Waals surface area contributed by atoms with E-state index in [-0.39, 0.29) is 4.90 Å². The first kappa shape index (κ1) is 12.4. The van der Waals surface area contributed by atoms with Crippen LogP contribution < -0.4 is 0 Å². The molecule has 0 fully saturated rings. The highest BCUT2D eigenvalue weighted by Gasteiger charge is 2.05. The molecule has 0 amide bonds. The van der Waals surface area contributed by atoms with Gasteiger partial charge in [0.25, 0.3) is 0 Å². The van der Waals surface area contributed by atoms with Crippen LogP contribution in [0.3, 0.4) is 0 Å². The predicted molar refractivity (Wildman–Crippen MR) is 70.2 cm³/mol. The van der Waals surface area contributed by atoms with Gasteiger partial charge in [0.2, 0.25) is 0 Å². The number of azo groups is 1. The molecule has 0 N–H and O–H groups in total. The van der Waals surface area contributed by atoms with E-state index in [0.717, 1.165) is 5.69 Å². The molecule has 0 saturated carbocycles. The van der Waals surface area contributed by atoms with Crippen molar-refractivity contribution in [2.24, 2.45) is 10.2 Å². The zero-order valence-electron chi connectivity index (χ0n) is 9.82. The molecule has 0 aliphatic carbocycles. The quantitative estimate of drug-likeness (QED) is 0.793. The number of sulfone groups is 1. The van der Waals surface area contributed by atoms with E-state index < -0.39 is 9.84 Å².